The zero-order valence-electron chi connectivity index (χ0n) is 11.6. The molecule has 100 valence electrons. The molecule has 0 amide bonds. The van der Waals surface area contributed by atoms with Gasteiger partial charge in [-0.3, -0.25) is 4.79 Å². The van der Waals surface area contributed by atoms with Crippen LogP contribution < -0.4 is 5.56 Å². The Morgan fingerprint density at radius 2 is 1.89 bits per heavy atom. The van der Waals surface area contributed by atoms with Crippen LogP contribution in [0.3, 0.4) is 0 Å². The number of hydrogen-bond acceptors (Lipinski definition) is 2. The fraction of sp³-hybridized carbons (Fsp3) is 0.312. The third-order valence-corrected chi connectivity index (χ3v) is 3.41. The molecular formula is C16H19NO2. The molecule has 0 aliphatic carbocycles. The largest absolute Gasteiger partial charge is 0.391 e. The molecule has 2 rings (SSSR count). The second-order valence-corrected chi connectivity index (χ2v) is 4.77. The number of aromatic nitrogens is 1. The monoisotopic (exact) mass is 257 g/mol. The first kappa shape index (κ1) is 13.6. The minimum Gasteiger partial charge on any atom is -0.391 e. The van der Waals surface area contributed by atoms with Gasteiger partial charge < -0.3 is 9.67 Å². The van der Waals surface area contributed by atoms with Gasteiger partial charge in [-0.05, 0) is 44.5 Å². The van der Waals surface area contributed by atoms with Crippen molar-refractivity contribution in [2.75, 3.05) is 0 Å². The van der Waals surface area contributed by atoms with E-state index in [4.69, 9.17) is 0 Å². The summed E-state index contributed by atoms with van der Waals surface area (Å²) in [5, 5.41) is 9.19. The Morgan fingerprint density at radius 1 is 1.16 bits per heavy atom. The second kappa shape index (κ2) is 5.41. The molecule has 1 heterocycles. The summed E-state index contributed by atoms with van der Waals surface area (Å²) in [6, 6.07) is 9.85. The summed E-state index contributed by atoms with van der Waals surface area (Å²) in [5.41, 5.74) is 4.62. The molecule has 1 aromatic carbocycles. The van der Waals surface area contributed by atoms with Crippen molar-refractivity contribution >= 4 is 0 Å². The van der Waals surface area contributed by atoms with Crippen molar-refractivity contribution in [2.45, 2.75) is 33.9 Å². The Balaban J connectivity index is 2.72. The fourth-order valence-electron chi connectivity index (χ4n) is 2.30. The van der Waals surface area contributed by atoms with E-state index in [1.54, 1.807) is 10.6 Å². The maximum absolute atomic E-state index is 12.2. The highest BCUT2D eigenvalue weighted by Crippen LogP contribution is 2.24. The first-order valence-corrected chi connectivity index (χ1v) is 6.49. The Morgan fingerprint density at radius 3 is 2.53 bits per heavy atom. The van der Waals surface area contributed by atoms with Crippen molar-refractivity contribution in [1.82, 2.24) is 4.57 Å². The summed E-state index contributed by atoms with van der Waals surface area (Å²) in [6.45, 7) is 6.40. The van der Waals surface area contributed by atoms with E-state index in [9.17, 15) is 9.90 Å². The zero-order valence-corrected chi connectivity index (χ0v) is 11.6. The molecule has 0 fully saturated rings. The molecule has 3 nitrogen and oxygen atoms in total. The quantitative estimate of drug-likeness (QED) is 0.918. The molecule has 0 saturated heterocycles. The van der Waals surface area contributed by atoms with Gasteiger partial charge in [0.1, 0.15) is 0 Å². The highest BCUT2D eigenvalue weighted by molar-refractivity contribution is 5.65. The molecule has 0 radical (unpaired) electrons. The molecule has 0 saturated carbocycles. The molecule has 1 N–H and O–H groups in total. The van der Waals surface area contributed by atoms with Crippen LogP contribution in [-0.4, -0.2) is 9.67 Å². The van der Waals surface area contributed by atoms with Crippen LogP contribution in [0.15, 0.2) is 35.1 Å². The topological polar surface area (TPSA) is 42.2 Å². The molecule has 19 heavy (non-hydrogen) atoms. The van der Waals surface area contributed by atoms with Gasteiger partial charge in [0.15, 0.2) is 0 Å². The molecule has 0 bridgehead atoms. The first-order valence-electron chi connectivity index (χ1n) is 6.49. The molecule has 0 aliphatic rings. The van der Waals surface area contributed by atoms with Gasteiger partial charge in [-0.25, -0.2) is 0 Å². The van der Waals surface area contributed by atoms with Gasteiger partial charge in [-0.2, -0.15) is 0 Å². The van der Waals surface area contributed by atoms with Gasteiger partial charge in [-0.1, -0.05) is 17.7 Å². The van der Waals surface area contributed by atoms with E-state index < -0.39 is 0 Å². The molecule has 0 aliphatic heterocycles. The van der Waals surface area contributed by atoms with Gasteiger partial charge in [0, 0.05) is 17.7 Å². The lowest BCUT2D eigenvalue weighted by Crippen LogP contribution is -2.24. The molecule has 0 atom stereocenters. The Bertz CT molecular complexity index is 656. The van der Waals surface area contributed by atoms with E-state index in [2.05, 4.69) is 18.2 Å². The average molecular weight is 257 g/mol. The third kappa shape index (κ3) is 2.47. The smallest absolute Gasteiger partial charge is 0.256 e. The maximum atomic E-state index is 12.2. The molecule has 0 unspecified atom stereocenters. The number of pyridine rings is 1. The van der Waals surface area contributed by atoms with Gasteiger partial charge >= 0.3 is 0 Å². The van der Waals surface area contributed by atoms with Gasteiger partial charge in [0.25, 0.3) is 5.56 Å². The number of hydrogen-bond donors (Lipinski definition) is 1. The highest BCUT2D eigenvalue weighted by atomic mass is 16.3. The Kier molecular flexibility index (Phi) is 3.86. The lowest BCUT2D eigenvalue weighted by atomic mass is 10.0. The van der Waals surface area contributed by atoms with Crippen LogP contribution in [-0.2, 0) is 13.2 Å². The van der Waals surface area contributed by atoms with Crippen LogP contribution in [0.2, 0.25) is 0 Å². The standard InChI is InChI=1S/C16H19NO2/c1-4-17-15(8-7-13(10-18)16(17)19)14-9-11(2)5-6-12(14)3/h5-9,18H,4,10H2,1-3H3. The number of benzene rings is 1. The van der Waals surface area contributed by atoms with Crippen LogP contribution in [0, 0.1) is 13.8 Å². The number of aryl methyl sites for hydroxylation is 2. The fourth-order valence-corrected chi connectivity index (χ4v) is 2.30. The lowest BCUT2D eigenvalue weighted by molar-refractivity contribution is 0.279. The highest BCUT2D eigenvalue weighted by Gasteiger charge is 2.10. The predicted octanol–water partition coefficient (Wildman–Crippen LogP) is 2.64. The van der Waals surface area contributed by atoms with Gasteiger partial charge in [0.2, 0.25) is 0 Å². The molecular weight excluding hydrogens is 238 g/mol. The predicted molar refractivity (Wildman–Crippen MR) is 77.2 cm³/mol. The number of aliphatic hydroxyl groups is 1. The Hall–Kier alpha value is -1.87. The van der Waals surface area contributed by atoms with E-state index in [-0.39, 0.29) is 12.2 Å². The third-order valence-electron chi connectivity index (χ3n) is 3.41. The summed E-state index contributed by atoms with van der Waals surface area (Å²) < 4.78 is 1.72. The second-order valence-electron chi connectivity index (χ2n) is 4.77. The summed E-state index contributed by atoms with van der Waals surface area (Å²) >= 11 is 0. The van der Waals surface area contributed by atoms with Crippen molar-refractivity contribution in [3.63, 3.8) is 0 Å². The van der Waals surface area contributed by atoms with Crippen LogP contribution in [0.5, 0.6) is 0 Å². The lowest BCUT2D eigenvalue weighted by Gasteiger charge is -2.15. The van der Waals surface area contributed by atoms with Crippen LogP contribution >= 0.6 is 0 Å². The average Bonchev–Trinajstić information content (AvgIpc) is 2.41. The van der Waals surface area contributed by atoms with E-state index in [1.165, 1.54) is 5.56 Å². The summed E-state index contributed by atoms with van der Waals surface area (Å²) in [4.78, 5) is 12.2. The number of nitrogens with zero attached hydrogens (tertiary/aromatic N) is 1. The van der Waals surface area contributed by atoms with Crippen LogP contribution in [0.1, 0.15) is 23.6 Å². The van der Waals surface area contributed by atoms with Crippen LogP contribution in [0.25, 0.3) is 11.3 Å². The van der Waals surface area contributed by atoms with E-state index in [1.807, 2.05) is 26.8 Å². The van der Waals surface area contributed by atoms with Gasteiger partial charge in [0.05, 0.1) is 12.3 Å². The minimum atomic E-state index is -0.216. The molecule has 0 spiro atoms. The van der Waals surface area contributed by atoms with E-state index >= 15 is 0 Å². The van der Waals surface area contributed by atoms with Crippen LogP contribution in [0.4, 0.5) is 0 Å². The van der Waals surface area contributed by atoms with Crippen molar-refractivity contribution < 1.29 is 5.11 Å². The maximum Gasteiger partial charge on any atom is 0.256 e. The summed E-state index contributed by atoms with van der Waals surface area (Å²) in [6.07, 6.45) is 0. The molecule has 1 aromatic heterocycles. The molecule has 2 aromatic rings. The minimum absolute atomic E-state index is 0.108. The van der Waals surface area contributed by atoms with E-state index in [0.29, 0.717) is 12.1 Å². The summed E-state index contributed by atoms with van der Waals surface area (Å²) in [7, 11) is 0. The number of aliphatic hydroxyl groups excluding tert-OH is 1. The van der Waals surface area contributed by atoms with Crippen molar-refractivity contribution in [3.8, 4) is 11.3 Å². The zero-order chi connectivity index (χ0) is 14.0. The van der Waals surface area contributed by atoms with Crippen molar-refractivity contribution in [3.05, 3.63) is 57.4 Å². The SMILES string of the molecule is CCn1c(-c2cc(C)ccc2C)ccc(CO)c1=O. The Labute approximate surface area is 113 Å². The van der Waals surface area contributed by atoms with Crippen molar-refractivity contribution in [2.24, 2.45) is 0 Å². The summed E-state index contributed by atoms with van der Waals surface area (Å²) in [5.74, 6) is 0. The number of rotatable bonds is 3. The van der Waals surface area contributed by atoms with E-state index in [0.717, 1.165) is 16.8 Å². The van der Waals surface area contributed by atoms with Crippen molar-refractivity contribution in [1.29, 1.82) is 0 Å². The normalized spacial score (nSPS) is 10.7. The van der Waals surface area contributed by atoms with Gasteiger partial charge in [-0.15, -0.1) is 0 Å². The molecule has 3 heteroatoms. The first-order chi connectivity index (χ1) is 9.08.